The molecule has 3 heteroatoms. The van der Waals surface area contributed by atoms with Crippen molar-refractivity contribution in [3.05, 3.63) is 57.7 Å². The molecule has 0 unspecified atom stereocenters. The molecule has 2 N–H and O–H groups in total. The molecular formula is C13H12INO. The molecule has 0 aromatic heterocycles. The van der Waals surface area contributed by atoms with Gasteiger partial charge in [0.1, 0.15) is 12.4 Å². The van der Waals surface area contributed by atoms with Crippen molar-refractivity contribution in [2.45, 2.75) is 6.61 Å². The molecule has 82 valence electrons. The zero-order valence-corrected chi connectivity index (χ0v) is 10.8. The highest BCUT2D eigenvalue weighted by molar-refractivity contribution is 14.1. The lowest BCUT2D eigenvalue weighted by Crippen LogP contribution is -1.99. The van der Waals surface area contributed by atoms with E-state index in [1.54, 1.807) is 0 Å². The normalized spacial score (nSPS) is 10.1. The van der Waals surface area contributed by atoms with Crippen LogP contribution in [0.15, 0.2) is 48.5 Å². The van der Waals surface area contributed by atoms with Crippen molar-refractivity contribution in [2.75, 3.05) is 5.73 Å². The van der Waals surface area contributed by atoms with E-state index in [-0.39, 0.29) is 0 Å². The lowest BCUT2D eigenvalue weighted by atomic mass is 10.2. The van der Waals surface area contributed by atoms with Gasteiger partial charge in [-0.05, 0) is 40.8 Å². The average molecular weight is 325 g/mol. The summed E-state index contributed by atoms with van der Waals surface area (Å²) in [6.07, 6.45) is 0. The van der Waals surface area contributed by atoms with E-state index >= 15 is 0 Å². The minimum atomic E-state index is 0.549. The lowest BCUT2D eigenvalue weighted by molar-refractivity contribution is 0.307. The fourth-order valence-electron chi connectivity index (χ4n) is 1.38. The summed E-state index contributed by atoms with van der Waals surface area (Å²) in [6.45, 7) is 0.549. The van der Waals surface area contributed by atoms with Crippen molar-refractivity contribution in [3.63, 3.8) is 0 Å². The maximum Gasteiger partial charge on any atom is 0.142 e. The van der Waals surface area contributed by atoms with E-state index in [4.69, 9.17) is 10.5 Å². The van der Waals surface area contributed by atoms with Gasteiger partial charge in [-0.2, -0.15) is 0 Å². The Morgan fingerprint density at radius 3 is 2.44 bits per heavy atom. The van der Waals surface area contributed by atoms with Gasteiger partial charge in [-0.3, -0.25) is 0 Å². The molecule has 0 aliphatic heterocycles. The summed E-state index contributed by atoms with van der Waals surface area (Å²) < 4.78 is 6.88. The first-order valence-corrected chi connectivity index (χ1v) is 6.06. The lowest BCUT2D eigenvalue weighted by Gasteiger charge is -2.09. The predicted octanol–water partition coefficient (Wildman–Crippen LogP) is 3.45. The first-order chi connectivity index (χ1) is 7.77. The Labute approximate surface area is 109 Å². The number of nitrogen functional groups attached to an aromatic ring is 1. The maximum atomic E-state index is 5.80. The molecule has 0 saturated carbocycles. The van der Waals surface area contributed by atoms with Gasteiger partial charge in [0.25, 0.3) is 0 Å². The van der Waals surface area contributed by atoms with Crippen molar-refractivity contribution >= 4 is 28.3 Å². The van der Waals surface area contributed by atoms with E-state index in [1.807, 2.05) is 36.4 Å². The minimum absolute atomic E-state index is 0.549. The maximum absolute atomic E-state index is 5.80. The Morgan fingerprint density at radius 1 is 1.00 bits per heavy atom. The van der Waals surface area contributed by atoms with Crippen LogP contribution in [-0.2, 0) is 6.61 Å². The molecule has 0 fully saturated rings. The molecule has 16 heavy (non-hydrogen) atoms. The summed E-state index contributed by atoms with van der Waals surface area (Å²) in [7, 11) is 0. The first kappa shape index (κ1) is 11.3. The Kier molecular flexibility index (Phi) is 3.66. The van der Waals surface area contributed by atoms with Gasteiger partial charge >= 0.3 is 0 Å². The largest absolute Gasteiger partial charge is 0.487 e. The number of halogens is 1. The van der Waals surface area contributed by atoms with Gasteiger partial charge in [0.2, 0.25) is 0 Å². The highest BCUT2D eigenvalue weighted by Gasteiger charge is 2.01. The van der Waals surface area contributed by atoms with E-state index in [0.717, 1.165) is 5.75 Å². The molecule has 2 aromatic carbocycles. The predicted molar refractivity (Wildman–Crippen MR) is 74.3 cm³/mol. The number of ether oxygens (including phenoxy) is 1. The van der Waals surface area contributed by atoms with Crippen LogP contribution in [0.2, 0.25) is 0 Å². The molecule has 2 nitrogen and oxygen atoms in total. The second-order valence-corrected chi connectivity index (χ2v) is 4.58. The van der Waals surface area contributed by atoms with Gasteiger partial charge in [-0.25, -0.2) is 0 Å². The minimum Gasteiger partial charge on any atom is -0.487 e. The molecule has 0 spiro atoms. The van der Waals surface area contributed by atoms with Crippen LogP contribution in [0, 0.1) is 3.57 Å². The average Bonchev–Trinajstić information content (AvgIpc) is 2.30. The molecule has 0 heterocycles. The number of benzene rings is 2. The standard InChI is InChI=1S/C13H12INO/c14-11-6-2-1-5-10(11)9-16-13-8-4-3-7-12(13)15/h1-8H,9,15H2. The van der Waals surface area contributed by atoms with Crippen LogP contribution in [-0.4, -0.2) is 0 Å². The molecule has 0 bridgehead atoms. The third-order valence-electron chi connectivity index (χ3n) is 2.26. The molecule has 0 radical (unpaired) electrons. The van der Waals surface area contributed by atoms with Crippen molar-refractivity contribution < 1.29 is 4.74 Å². The summed E-state index contributed by atoms with van der Waals surface area (Å²) in [4.78, 5) is 0. The zero-order valence-electron chi connectivity index (χ0n) is 8.69. The molecular weight excluding hydrogens is 313 g/mol. The third-order valence-corrected chi connectivity index (χ3v) is 3.31. The second-order valence-electron chi connectivity index (χ2n) is 3.42. The smallest absolute Gasteiger partial charge is 0.142 e. The summed E-state index contributed by atoms with van der Waals surface area (Å²) in [6, 6.07) is 15.7. The topological polar surface area (TPSA) is 35.2 Å². The molecule has 0 aliphatic rings. The van der Waals surface area contributed by atoms with Crippen LogP contribution in [0.4, 0.5) is 5.69 Å². The Morgan fingerprint density at radius 2 is 1.69 bits per heavy atom. The van der Waals surface area contributed by atoms with Gasteiger partial charge in [0.15, 0.2) is 0 Å². The van der Waals surface area contributed by atoms with Crippen LogP contribution in [0.3, 0.4) is 0 Å². The van der Waals surface area contributed by atoms with Crippen molar-refractivity contribution in [1.82, 2.24) is 0 Å². The highest BCUT2D eigenvalue weighted by atomic mass is 127. The number of hydrogen-bond acceptors (Lipinski definition) is 2. The monoisotopic (exact) mass is 325 g/mol. The fraction of sp³-hybridized carbons (Fsp3) is 0.0769. The van der Waals surface area contributed by atoms with Crippen LogP contribution in [0.1, 0.15) is 5.56 Å². The van der Waals surface area contributed by atoms with Gasteiger partial charge in [0, 0.05) is 9.13 Å². The number of nitrogens with two attached hydrogens (primary N) is 1. The SMILES string of the molecule is Nc1ccccc1OCc1ccccc1I. The van der Waals surface area contributed by atoms with E-state index in [9.17, 15) is 0 Å². The quantitative estimate of drug-likeness (QED) is 0.693. The summed E-state index contributed by atoms with van der Waals surface area (Å²) >= 11 is 2.30. The van der Waals surface area contributed by atoms with E-state index in [2.05, 4.69) is 34.7 Å². The number of rotatable bonds is 3. The van der Waals surface area contributed by atoms with Crippen molar-refractivity contribution in [1.29, 1.82) is 0 Å². The molecule has 0 atom stereocenters. The molecule has 2 rings (SSSR count). The van der Waals surface area contributed by atoms with Crippen LogP contribution in [0.5, 0.6) is 5.75 Å². The summed E-state index contributed by atoms with van der Waals surface area (Å²) in [5.74, 6) is 0.738. The van der Waals surface area contributed by atoms with Crippen LogP contribution < -0.4 is 10.5 Å². The van der Waals surface area contributed by atoms with Gasteiger partial charge < -0.3 is 10.5 Å². The van der Waals surface area contributed by atoms with Crippen molar-refractivity contribution in [2.24, 2.45) is 0 Å². The molecule has 0 saturated heterocycles. The molecule has 0 amide bonds. The highest BCUT2D eigenvalue weighted by Crippen LogP contribution is 2.22. The number of para-hydroxylation sites is 2. The van der Waals surface area contributed by atoms with Crippen molar-refractivity contribution in [3.8, 4) is 5.75 Å². The summed E-state index contributed by atoms with van der Waals surface area (Å²) in [5, 5.41) is 0. The van der Waals surface area contributed by atoms with Gasteiger partial charge in [-0.1, -0.05) is 30.3 Å². The zero-order chi connectivity index (χ0) is 11.4. The second kappa shape index (κ2) is 5.21. The molecule has 0 aliphatic carbocycles. The Hall–Kier alpha value is -1.23. The summed E-state index contributed by atoms with van der Waals surface area (Å²) in [5.41, 5.74) is 7.64. The number of hydrogen-bond donors (Lipinski definition) is 1. The first-order valence-electron chi connectivity index (χ1n) is 4.98. The number of anilines is 1. The third kappa shape index (κ3) is 2.66. The Bertz CT molecular complexity index is 439. The molecule has 2 aromatic rings. The van der Waals surface area contributed by atoms with Crippen LogP contribution >= 0.6 is 22.6 Å². The van der Waals surface area contributed by atoms with Gasteiger partial charge in [-0.15, -0.1) is 0 Å². The van der Waals surface area contributed by atoms with Crippen LogP contribution in [0.25, 0.3) is 0 Å². The van der Waals surface area contributed by atoms with E-state index in [0.29, 0.717) is 12.3 Å². The van der Waals surface area contributed by atoms with E-state index in [1.165, 1.54) is 9.13 Å². The van der Waals surface area contributed by atoms with Gasteiger partial charge in [0.05, 0.1) is 5.69 Å². The van der Waals surface area contributed by atoms with E-state index < -0.39 is 0 Å². The fourth-order valence-corrected chi connectivity index (χ4v) is 1.93. The Balaban J connectivity index is 2.09.